The van der Waals surface area contributed by atoms with Gasteiger partial charge in [-0.1, -0.05) is 19.1 Å². The molecule has 0 bridgehead atoms. The normalized spacial score (nSPS) is 12.0. The Balaban J connectivity index is 2.51. The summed E-state index contributed by atoms with van der Waals surface area (Å²) in [5.74, 6) is -0.270. The third kappa shape index (κ3) is 5.57. The van der Waals surface area contributed by atoms with Gasteiger partial charge in [-0.25, -0.2) is 9.18 Å². The predicted molar refractivity (Wildman–Crippen MR) is 77.0 cm³/mol. The van der Waals surface area contributed by atoms with Crippen LogP contribution >= 0.6 is 0 Å². The van der Waals surface area contributed by atoms with Crippen LogP contribution in [0.4, 0.5) is 9.18 Å². The maximum absolute atomic E-state index is 13.1. The zero-order chi connectivity index (χ0) is 15.0. The largest absolute Gasteiger partial charge is 0.395 e. The molecule has 1 atom stereocenters. The van der Waals surface area contributed by atoms with E-state index >= 15 is 0 Å². The van der Waals surface area contributed by atoms with Gasteiger partial charge in [0.2, 0.25) is 0 Å². The van der Waals surface area contributed by atoms with Crippen molar-refractivity contribution in [3.63, 3.8) is 0 Å². The average Bonchev–Trinajstić information content (AvgIpc) is 2.38. The van der Waals surface area contributed by atoms with Gasteiger partial charge in [0.25, 0.3) is 0 Å². The number of hydrogen-bond donors (Lipinski definition) is 2. The van der Waals surface area contributed by atoms with Crippen molar-refractivity contribution in [1.82, 2.24) is 10.2 Å². The van der Waals surface area contributed by atoms with E-state index in [9.17, 15) is 9.18 Å². The van der Waals surface area contributed by atoms with Gasteiger partial charge in [0.1, 0.15) is 5.82 Å². The number of rotatable bonds is 7. The lowest BCUT2D eigenvalue weighted by Crippen LogP contribution is -2.45. The number of carbonyl (C=O) groups is 1. The highest BCUT2D eigenvalue weighted by atomic mass is 19.1. The van der Waals surface area contributed by atoms with E-state index in [1.165, 1.54) is 12.1 Å². The van der Waals surface area contributed by atoms with E-state index in [2.05, 4.69) is 5.32 Å². The molecule has 5 heteroatoms. The summed E-state index contributed by atoms with van der Waals surface area (Å²) in [6.45, 7) is 4.75. The van der Waals surface area contributed by atoms with Crippen molar-refractivity contribution < 1.29 is 14.3 Å². The number of hydrogen-bond acceptors (Lipinski definition) is 2. The number of amides is 2. The molecule has 20 heavy (non-hydrogen) atoms. The molecule has 2 N–H and O–H groups in total. The van der Waals surface area contributed by atoms with E-state index in [1.54, 1.807) is 11.0 Å². The van der Waals surface area contributed by atoms with Crippen molar-refractivity contribution in [3.05, 3.63) is 35.6 Å². The molecule has 0 saturated carbocycles. The lowest BCUT2D eigenvalue weighted by molar-refractivity contribution is 0.174. The topological polar surface area (TPSA) is 52.6 Å². The van der Waals surface area contributed by atoms with Crippen molar-refractivity contribution in [2.24, 2.45) is 0 Å². The molecule has 0 radical (unpaired) electrons. The lowest BCUT2D eigenvalue weighted by atomic mass is 10.1. The van der Waals surface area contributed by atoms with Gasteiger partial charge in [0.15, 0.2) is 0 Å². The summed E-state index contributed by atoms with van der Waals surface area (Å²) in [7, 11) is 0. The molecule has 0 saturated heterocycles. The Hall–Kier alpha value is -1.62. The quantitative estimate of drug-likeness (QED) is 0.805. The minimum absolute atomic E-state index is 0.0499. The van der Waals surface area contributed by atoms with Gasteiger partial charge in [-0.3, -0.25) is 0 Å². The molecule has 1 unspecified atom stereocenters. The molecule has 1 aromatic rings. The van der Waals surface area contributed by atoms with Crippen molar-refractivity contribution in [1.29, 1.82) is 0 Å². The van der Waals surface area contributed by atoms with Gasteiger partial charge in [0, 0.05) is 19.1 Å². The second-order valence-corrected chi connectivity index (χ2v) is 4.90. The summed E-state index contributed by atoms with van der Waals surface area (Å²) in [6.07, 6.45) is 1.41. The van der Waals surface area contributed by atoms with E-state index in [1.807, 2.05) is 19.9 Å². The highest BCUT2D eigenvalue weighted by molar-refractivity contribution is 5.74. The van der Waals surface area contributed by atoms with E-state index in [0.717, 1.165) is 12.0 Å². The summed E-state index contributed by atoms with van der Waals surface area (Å²) < 4.78 is 13.1. The molecule has 0 spiro atoms. The van der Waals surface area contributed by atoms with Crippen LogP contribution in [0.1, 0.15) is 25.8 Å². The molecule has 0 fully saturated rings. The second-order valence-electron chi connectivity index (χ2n) is 4.90. The van der Waals surface area contributed by atoms with Crippen molar-refractivity contribution in [2.75, 3.05) is 19.7 Å². The van der Waals surface area contributed by atoms with Crippen LogP contribution < -0.4 is 5.32 Å². The summed E-state index contributed by atoms with van der Waals surface area (Å²) in [6, 6.07) is 6.08. The summed E-state index contributed by atoms with van der Waals surface area (Å²) in [5, 5.41) is 11.8. The zero-order valence-electron chi connectivity index (χ0n) is 12.1. The number of benzene rings is 1. The third-order valence-electron chi connectivity index (χ3n) is 2.95. The van der Waals surface area contributed by atoms with Gasteiger partial charge in [0.05, 0.1) is 6.61 Å². The van der Waals surface area contributed by atoms with Crippen molar-refractivity contribution in [3.8, 4) is 0 Å². The number of nitrogens with one attached hydrogen (secondary N) is 1. The molecule has 1 rings (SSSR count). The van der Waals surface area contributed by atoms with Crippen molar-refractivity contribution in [2.45, 2.75) is 32.7 Å². The fourth-order valence-corrected chi connectivity index (χ4v) is 2.08. The van der Waals surface area contributed by atoms with Gasteiger partial charge >= 0.3 is 6.03 Å². The van der Waals surface area contributed by atoms with Crippen LogP contribution in [-0.4, -0.2) is 41.8 Å². The van der Waals surface area contributed by atoms with Crippen LogP contribution in [-0.2, 0) is 6.42 Å². The molecule has 4 nitrogen and oxygen atoms in total. The Morgan fingerprint density at radius 2 is 2.20 bits per heavy atom. The van der Waals surface area contributed by atoms with Gasteiger partial charge < -0.3 is 15.3 Å². The summed E-state index contributed by atoms with van der Waals surface area (Å²) in [5.41, 5.74) is 0.849. The number of nitrogens with zero attached hydrogens (tertiary/aromatic N) is 1. The van der Waals surface area contributed by atoms with Crippen LogP contribution in [0.25, 0.3) is 0 Å². The number of halogens is 1. The summed E-state index contributed by atoms with van der Waals surface area (Å²) in [4.78, 5) is 13.6. The predicted octanol–water partition coefficient (Wildman–Crippen LogP) is 2.17. The fourth-order valence-electron chi connectivity index (χ4n) is 2.08. The Morgan fingerprint density at radius 3 is 2.80 bits per heavy atom. The standard InChI is InChI=1S/C15H23FN2O2/c1-3-7-18(8-9-19)15(20)17-12(2)10-13-5-4-6-14(16)11-13/h4-6,11-12,19H,3,7-10H2,1-2H3,(H,17,20). The number of aliphatic hydroxyl groups is 1. The molecule has 0 aliphatic carbocycles. The Labute approximate surface area is 119 Å². The maximum Gasteiger partial charge on any atom is 0.317 e. The van der Waals surface area contributed by atoms with Crippen molar-refractivity contribution >= 4 is 6.03 Å². The average molecular weight is 282 g/mol. The highest BCUT2D eigenvalue weighted by Gasteiger charge is 2.14. The fraction of sp³-hybridized carbons (Fsp3) is 0.533. The van der Waals surface area contributed by atoms with E-state index in [4.69, 9.17) is 5.11 Å². The Bertz CT molecular complexity index is 420. The molecular formula is C15H23FN2O2. The molecule has 0 heterocycles. The molecule has 112 valence electrons. The van der Waals surface area contributed by atoms with Crippen LogP contribution in [0.3, 0.4) is 0 Å². The minimum atomic E-state index is -0.270. The van der Waals surface area contributed by atoms with Gasteiger partial charge in [-0.2, -0.15) is 0 Å². The highest BCUT2D eigenvalue weighted by Crippen LogP contribution is 2.06. The molecule has 1 aromatic carbocycles. The zero-order valence-corrected chi connectivity index (χ0v) is 12.1. The van der Waals surface area contributed by atoms with Crippen LogP contribution in [0, 0.1) is 5.82 Å². The lowest BCUT2D eigenvalue weighted by Gasteiger charge is -2.24. The Kier molecular flexibility index (Phi) is 7.01. The number of urea groups is 1. The molecule has 0 aliphatic heterocycles. The maximum atomic E-state index is 13.1. The minimum Gasteiger partial charge on any atom is -0.395 e. The monoisotopic (exact) mass is 282 g/mol. The van der Waals surface area contributed by atoms with Crippen LogP contribution in [0.2, 0.25) is 0 Å². The van der Waals surface area contributed by atoms with E-state index in [-0.39, 0.29) is 24.5 Å². The first-order valence-corrected chi connectivity index (χ1v) is 6.97. The number of carbonyl (C=O) groups excluding carboxylic acids is 1. The van der Waals surface area contributed by atoms with E-state index < -0.39 is 0 Å². The van der Waals surface area contributed by atoms with E-state index in [0.29, 0.717) is 19.5 Å². The van der Waals surface area contributed by atoms with Crippen LogP contribution in [0.5, 0.6) is 0 Å². The first-order valence-electron chi connectivity index (χ1n) is 6.97. The smallest absolute Gasteiger partial charge is 0.317 e. The molecule has 0 aliphatic rings. The summed E-state index contributed by atoms with van der Waals surface area (Å²) >= 11 is 0. The third-order valence-corrected chi connectivity index (χ3v) is 2.95. The first-order chi connectivity index (χ1) is 9.56. The SMILES string of the molecule is CCCN(CCO)C(=O)NC(C)Cc1cccc(F)c1. The van der Waals surface area contributed by atoms with Gasteiger partial charge in [-0.15, -0.1) is 0 Å². The molecular weight excluding hydrogens is 259 g/mol. The van der Waals surface area contributed by atoms with Crippen LogP contribution in [0.15, 0.2) is 24.3 Å². The Morgan fingerprint density at radius 1 is 1.45 bits per heavy atom. The molecule has 0 aromatic heterocycles. The second kappa shape index (κ2) is 8.53. The van der Waals surface area contributed by atoms with Gasteiger partial charge in [-0.05, 0) is 37.5 Å². The number of aliphatic hydroxyl groups excluding tert-OH is 1. The molecule has 2 amide bonds. The first kappa shape index (κ1) is 16.4.